The van der Waals surface area contributed by atoms with Crippen LogP contribution in [0.3, 0.4) is 0 Å². The van der Waals surface area contributed by atoms with E-state index in [1.807, 2.05) is 47.0 Å². The van der Waals surface area contributed by atoms with Gasteiger partial charge in [0.25, 0.3) is 5.91 Å². The van der Waals surface area contributed by atoms with Gasteiger partial charge < -0.3 is 5.32 Å². The fourth-order valence-electron chi connectivity index (χ4n) is 3.64. The third kappa shape index (κ3) is 3.29. The number of carbonyl (C=O) groups excluding carboxylic acids is 1. The number of benzene rings is 2. The molecule has 2 heterocycles. The fourth-order valence-corrected chi connectivity index (χ4v) is 3.64. The molecule has 5 rings (SSSR count). The van der Waals surface area contributed by atoms with E-state index in [2.05, 4.69) is 47.6 Å². The van der Waals surface area contributed by atoms with E-state index in [1.165, 1.54) is 0 Å². The Morgan fingerprint density at radius 2 is 1.76 bits per heavy atom. The van der Waals surface area contributed by atoms with Crippen LogP contribution in [0.5, 0.6) is 0 Å². The smallest absolute Gasteiger partial charge is 0.251 e. The van der Waals surface area contributed by atoms with Crippen molar-refractivity contribution in [2.45, 2.75) is 32.7 Å². The molecule has 1 amide bonds. The summed E-state index contributed by atoms with van der Waals surface area (Å²) in [5.74, 6) is 0.832. The number of fused-ring (bicyclic) bond motifs is 1. The third-order valence-corrected chi connectivity index (χ3v) is 5.52. The first-order chi connectivity index (χ1) is 14.1. The highest BCUT2D eigenvalue weighted by Crippen LogP contribution is 2.28. The lowest BCUT2D eigenvalue weighted by Crippen LogP contribution is -2.25. The van der Waals surface area contributed by atoms with Gasteiger partial charge in [0.2, 0.25) is 0 Å². The van der Waals surface area contributed by atoms with Crippen molar-refractivity contribution in [1.82, 2.24) is 19.9 Å². The van der Waals surface area contributed by atoms with Crippen LogP contribution in [0.25, 0.3) is 28.2 Å². The Bertz CT molecular complexity index is 1240. The number of aryl methyl sites for hydroxylation is 2. The van der Waals surface area contributed by atoms with Crippen LogP contribution < -0.4 is 5.32 Å². The highest BCUT2D eigenvalue weighted by Gasteiger charge is 2.24. The standard InChI is InChI=1S/C24H22N4O/c1-15-5-3-4-6-20(15)23-27-26-22-14-17(11-12-28(22)23)21-13-18(8-7-16(21)2)24(29)25-19-9-10-19/h3-8,11-14,19H,9-10H2,1-2H3,(H,25,29). The van der Waals surface area contributed by atoms with Gasteiger partial charge in [-0.25, -0.2) is 0 Å². The number of aromatic nitrogens is 3. The summed E-state index contributed by atoms with van der Waals surface area (Å²) in [4.78, 5) is 12.5. The molecule has 4 aromatic rings. The topological polar surface area (TPSA) is 59.3 Å². The minimum atomic E-state index is -0.000792. The summed E-state index contributed by atoms with van der Waals surface area (Å²) in [7, 11) is 0. The predicted molar refractivity (Wildman–Crippen MR) is 114 cm³/mol. The molecule has 1 saturated carbocycles. The van der Waals surface area contributed by atoms with Gasteiger partial charge in [0, 0.05) is 23.4 Å². The molecule has 1 fully saturated rings. The maximum absolute atomic E-state index is 12.5. The van der Waals surface area contributed by atoms with E-state index in [-0.39, 0.29) is 5.91 Å². The van der Waals surface area contributed by atoms with Crippen LogP contribution in [0.2, 0.25) is 0 Å². The molecule has 5 heteroatoms. The second-order valence-electron chi connectivity index (χ2n) is 7.76. The van der Waals surface area contributed by atoms with Gasteiger partial charge in [-0.3, -0.25) is 9.20 Å². The van der Waals surface area contributed by atoms with Crippen LogP contribution in [0.15, 0.2) is 60.8 Å². The van der Waals surface area contributed by atoms with Gasteiger partial charge in [0.1, 0.15) is 0 Å². The number of hydrogen-bond donors (Lipinski definition) is 1. The molecule has 1 aliphatic carbocycles. The zero-order valence-corrected chi connectivity index (χ0v) is 16.5. The summed E-state index contributed by atoms with van der Waals surface area (Å²) >= 11 is 0. The maximum Gasteiger partial charge on any atom is 0.251 e. The minimum absolute atomic E-state index is 0.000792. The van der Waals surface area contributed by atoms with Crippen LogP contribution in [-0.4, -0.2) is 26.5 Å². The molecule has 0 unspecified atom stereocenters. The largest absolute Gasteiger partial charge is 0.349 e. The number of rotatable bonds is 4. The van der Waals surface area contributed by atoms with E-state index in [9.17, 15) is 4.79 Å². The van der Waals surface area contributed by atoms with Crippen molar-refractivity contribution in [3.8, 4) is 22.5 Å². The Hall–Kier alpha value is -3.47. The highest BCUT2D eigenvalue weighted by atomic mass is 16.1. The molecule has 1 N–H and O–H groups in total. The SMILES string of the molecule is Cc1ccc(C(=O)NC2CC2)cc1-c1ccn2c(-c3ccccc3C)nnc2c1. The first-order valence-corrected chi connectivity index (χ1v) is 9.93. The molecular weight excluding hydrogens is 360 g/mol. The summed E-state index contributed by atoms with van der Waals surface area (Å²) in [6.45, 7) is 4.14. The Labute approximate surface area is 169 Å². The minimum Gasteiger partial charge on any atom is -0.349 e. The van der Waals surface area contributed by atoms with Crippen molar-refractivity contribution in [3.63, 3.8) is 0 Å². The number of nitrogens with zero attached hydrogens (tertiary/aromatic N) is 3. The second-order valence-corrected chi connectivity index (χ2v) is 7.76. The lowest BCUT2D eigenvalue weighted by atomic mass is 9.98. The zero-order chi connectivity index (χ0) is 20.0. The summed E-state index contributed by atoms with van der Waals surface area (Å²) < 4.78 is 2.00. The Morgan fingerprint density at radius 3 is 2.55 bits per heavy atom. The van der Waals surface area contributed by atoms with Gasteiger partial charge in [0.15, 0.2) is 11.5 Å². The van der Waals surface area contributed by atoms with E-state index in [0.717, 1.165) is 52.1 Å². The Morgan fingerprint density at radius 1 is 0.966 bits per heavy atom. The average molecular weight is 382 g/mol. The van der Waals surface area contributed by atoms with Gasteiger partial charge in [-0.05, 0) is 73.2 Å². The lowest BCUT2D eigenvalue weighted by molar-refractivity contribution is 0.0951. The normalized spacial score (nSPS) is 13.6. The van der Waals surface area contributed by atoms with Gasteiger partial charge in [-0.1, -0.05) is 30.3 Å². The van der Waals surface area contributed by atoms with Crippen LogP contribution >= 0.6 is 0 Å². The molecule has 0 bridgehead atoms. The van der Waals surface area contributed by atoms with Crippen LogP contribution in [-0.2, 0) is 0 Å². The van der Waals surface area contributed by atoms with Crippen molar-refractivity contribution in [2.24, 2.45) is 0 Å². The molecule has 0 radical (unpaired) electrons. The third-order valence-electron chi connectivity index (χ3n) is 5.52. The van der Waals surface area contributed by atoms with Gasteiger partial charge >= 0.3 is 0 Å². The van der Waals surface area contributed by atoms with Crippen molar-refractivity contribution >= 4 is 11.6 Å². The molecule has 2 aromatic heterocycles. The fraction of sp³-hybridized carbons (Fsp3) is 0.208. The van der Waals surface area contributed by atoms with Gasteiger partial charge in [-0.2, -0.15) is 0 Å². The van der Waals surface area contributed by atoms with Crippen molar-refractivity contribution in [2.75, 3.05) is 0 Å². The number of amides is 1. The zero-order valence-electron chi connectivity index (χ0n) is 16.5. The van der Waals surface area contributed by atoms with E-state index in [4.69, 9.17) is 0 Å². The van der Waals surface area contributed by atoms with E-state index in [1.54, 1.807) is 0 Å². The highest BCUT2D eigenvalue weighted by molar-refractivity contribution is 5.96. The summed E-state index contributed by atoms with van der Waals surface area (Å²) in [5, 5.41) is 11.9. The molecule has 0 saturated heterocycles. The molecule has 2 aromatic carbocycles. The molecule has 1 aliphatic rings. The predicted octanol–water partition coefficient (Wildman–Crippen LogP) is 4.57. The molecule has 144 valence electrons. The van der Waals surface area contributed by atoms with Gasteiger partial charge in [0.05, 0.1) is 0 Å². The van der Waals surface area contributed by atoms with Crippen LogP contribution in [0.1, 0.15) is 34.3 Å². The molecular formula is C24H22N4O. The molecule has 29 heavy (non-hydrogen) atoms. The molecule has 0 spiro atoms. The van der Waals surface area contributed by atoms with Crippen LogP contribution in [0, 0.1) is 13.8 Å². The number of pyridine rings is 1. The van der Waals surface area contributed by atoms with Crippen molar-refractivity contribution in [1.29, 1.82) is 0 Å². The summed E-state index contributed by atoms with van der Waals surface area (Å²) in [6.07, 6.45) is 4.16. The number of hydrogen-bond acceptors (Lipinski definition) is 3. The molecule has 0 aliphatic heterocycles. The van der Waals surface area contributed by atoms with E-state index < -0.39 is 0 Å². The first-order valence-electron chi connectivity index (χ1n) is 9.93. The van der Waals surface area contributed by atoms with Crippen LogP contribution in [0.4, 0.5) is 0 Å². The summed E-state index contributed by atoms with van der Waals surface area (Å²) in [6, 6.07) is 18.5. The lowest BCUT2D eigenvalue weighted by Gasteiger charge is -2.10. The quantitative estimate of drug-likeness (QED) is 0.562. The second kappa shape index (κ2) is 6.85. The van der Waals surface area contributed by atoms with E-state index in [0.29, 0.717) is 11.6 Å². The average Bonchev–Trinajstić information content (AvgIpc) is 3.44. The maximum atomic E-state index is 12.5. The number of carbonyl (C=O) groups is 1. The van der Waals surface area contributed by atoms with E-state index >= 15 is 0 Å². The van der Waals surface area contributed by atoms with Crippen molar-refractivity contribution < 1.29 is 4.79 Å². The number of nitrogens with one attached hydrogen (secondary N) is 1. The van der Waals surface area contributed by atoms with Gasteiger partial charge in [-0.15, -0.1) is 10.2 Å². The monoisotopic (exact) mass is 382 g/mol. The first kappa shape index (κ1) is 17.6. The Balaban J connectivity index is 1.54. The molecule has 0 atom stereocenters. The molecule has 5 nitrogen and oxygen atoms in total. The summed E-state index contributed by atoms with van der Waals surface area (Å²) in [5.41, 5.74) is 6.90. The Kier molecular flexibility index (Phi) is 4.16. The van der Waals surface area contributed by atoms with Crippen molar-refractivity contribution in [3.05, 3.63) is 77.5 Å².